The van der Waals surface area contributed by atoms with Crippen LogP contribution in [0.2, 0.25) is 0 Å². The van der Waals surface area contributed by atoms with Gasteiger partial charge in [-0.15, -0.1) is 0 Å². The molecular formula is C11H14N2O2. The van der Waals surface area contributed by atoms with Gasteiger partial charge in [-0.1, -0.05) is 37.3 Å². The second-order valence-electron chi connectivity index (χ2n) is 3.43. The van der Waals surface area contributed by atoms with Gasteiger partial charge in [0.1, 0.15) is 0 Å². The number of primary amides is 1. The maximum Gasteiger partial charge on any atom is 0.318 e. The first-order valence-electron chi connectivity index (χ1n) is 4.74. The molecule has 0 aliphatic heterocycles. The molecule has 4 nitrogen and oxygen atoms in total. The van der Waals surface area contributed by atoms with E-state index >= 15 is 0 Å². The van der Waals surface area contributed by atoms with Crippen molar-refractivity contribution < 1.29 is 9.59 Å². The third kappa shape index (κ3) is 3.81. The van der Waals surface area contributed by atoms with Crippen LogP contribution in [0.5, 0.6) is 0 Å². The first-order chi connectivity index (χ1) is 7.09. The molecule has 0 aliphatic carbocycles. The van der Waals surface area contributed by atoms with Crippen molar-refractivity contribution in [3.63, 3.8) is 0 Å². The monoisotopic (exact) mass is 206 g/mol. The number of nitrogens with one attached hydrogen (secondary N) is 1. The molecule has 0 radical (unpaired) electrons. The van der Waals surface area contributed by atoms with E-state index in [9.17, 15) is 9.59 Å². The van der Waals surface area contributed by atoms with Crippen LogP contribution in [0.4, 0.5) is 4.79 Å². The van der Waals surface area contributed by atoms with Crippen molar-refractivity contribution >= 4 is 11.9 Å². The molecule has 3 amide bonds. The molecule has 15 heavy (non-hydrogen) atoms. The van der Waals surface area contributed by atoms with Crippen molar-refractivity contribution in [3.05, 3.63) is 35.9 Å². The maximum atomic E-state index is 11.2. The quantitative estimate of drug-likeness (QED) is 0.784. The Bertz CT molecular complexity index is 349. The maximum absolute atomic E-state index is 11.2. The van der Waals surface area contributed by atoms with Gasteiger partial charge in [-0.2, -0.15) is 0 Å². The number of carbonyl (C=O) groups is 2. The largest absolute Gasteiger partial charge is 0.351 e. The van der Waals surface area contributed by atoms with Gasteiger partial charge >= 0.3 is 6.03 Å². The lowest BCUT2D eigenvalue weighted by atomic mass is 9.98. The van der Waals surface area contributed by atoms with Crippen LogP contribution in [0, 0.1) is 0 Å². The number of nitrogens with two attached hydrogens (primary N) is 1. The SMILES string of the molecule is CC(CC(=O)NC(N)=O)c1ccccc1. The smallest absolute Gasteiger partial charge is 0.318 e. The van der Waals surface area contributed by atoms with E-state index < -0.39 is 6.03 Å². The molecule has 1 aromatic carbocycles. The molecule has 80 valence electrons. The van der Waals surface area contributed by atoms with Crippen LogP contribution in [0.15, 0.2) is 30.3 Å². The lowest BCUT2D eigenvalue weighted by Gasteiger charge is -2.10. The summed E-state index contributed by atoms with van der Waals surface area (Å²) in [6.07, 6.45) is 0.257. The fourth-order valence-corrected chi connectivity index (χ4v) is 1.37. The number of hydrogen-bond acceptors (Lipinski definition) is 2. The van der Waals surface area contributed by atoms with Crippen LogP contribution in [0.1, 0.15) is 24.8 Å². The minimum Gasteiger partial charge on any atom is -0.351 e. The fourth-order valence-electron chi connectivity index (χ4n) is 1.37. The lowest BCUT2D eigenvalue weighted by molar-refractivity contribution is -0.120. The van der Waals surface area contributed by atoms with E-state index in [0.717, 1.165) is 5.56 Å². The highest BCUT2D eigenvalue weighted by Gasteiger charge is 2.11. The van der Waals surface area contributed by atoms with Crippen molar-refractivity contribution in [1.82, 2.24) is 5.32 Å². The summed E-state index contributed by atoms with van der Waals surface area (Å²) in [4.78, 5) is 21.6. The zero-order chi connectivity index (χ0) is 11.3. The molecule has 0 saturated heterocycles. The number of benzene rings is 1. The van der Waals surface area contributed by atoms with Gasteiger partial charge in [0.2, 0.25) is 5.91 Å². The highest BCUT2D eigenvalue weighted by atomic mass is 16.2. The number of imide groups is 1. The average Bonchev–Trinajstić information content (AvgIpc) is 2.17. The number of rotatable bonds is 3. The Morgan fingerprint density at radius 2 is 1.93 bits per heavy atom. The third-order valence-corrected chi connectivity index (χ3v) is 2.12. The summed E-state index contributed by atoms with van der Waals surface area (Å²) in [6.45, 7) is 1.93. The highest BCUT2D eigenvalue weighted by Crippen LogP contribution is 2.17. The Balaban J connectivity index is 2.53. The summed E-state index contributed by atoms with van der Waals surface area (Å²) in [5.74, 6) is -0.274. The number of carbonyl (C=O) groups excluding carboxylic acids is 2. The first-order valence-corrected chi connectivity index (χ1v) is 4.74. The van der Waals surface area contributed by atoms with Gasteiger partial charge in [0.25, 0.3) is 0 Å². The van der Waals surface area contributed by atoms with Gasteiger partial charge in [0.15, 0.2) is 0 Å². The van der Waals surface area contributed by atoms with E-state index in [1.165, 1.54) is 0 Å². The molecule has 0 aromatic heterocycles. The fraction of sp³-hybridized carbons (Fsp3) is 0.273. The zero-order valence-corrected chi connectivity index (χ0v) is 8.57. The topological polar surface area (TPSA) is 72.2 Å². The van der Waals surface area contributed by atoms with Crippen LogP contribution in [0.25, 0.3) is 0 Å². The summed E-state index contributed by atoms with van der Waals surface area (Å²) in [5.41, 5.74) is 5.90. The van der Waals surface area contributed by atoms with Crippen LogP contribution < -0.4 is 11.1 Å². The van der Waals surface area contributed by atoms with Crippen LogP contribution in [0.3, 0.4) is 0 Å². The molecule has 1 aromatic rings. The van der Waals surface area contributed by atoms with Gasteiger partial charge in [0.05, 0.1) is 0 Å². The number of hydrogen-bond donors (Lipinski definition) is 2. The molecule has 1 rings (SSSR count). The molecule has 1 atom stereocenters. The molecule has 0 spiro atoms. The Kier molecular flexibility index (Phi) is 3.85. The molecular weight excluding hydrogens is 192 g/mol. The molecule has 0 bridgehead atoms. The van der Waals surface area contributed by atoms with E-state index in [1.807, 2.05) is 42.6 Å². The van der Waals surface area contributed by atoms with Crippen molar-refractivity contribution in [3.8, 4) is 0 Å². The highest BCUT2D eigenvalue weighted by molar-refractivity contribution is 5.93. The first kappa shape index (κ1) is 11.2. The third-order valence-electron chi connectivity index (χ3n) is 2.12. The minimum absolute atomic E-state index is 0.0746. The summed E-state index contributed by atoms with van der Waals surface area (Å²) < 4.78 is 0. The molecule has 0 heterocycles. The normalized spacial score (nSPS) is 11.8. The zero-order valence-electron chi connectivity index (χ0n) is 8.57. The average molecular weight is 206 g/mol. The van der Waals surface area contributed by atoms with Crippen LogP contribution in [-0.4, -0.2) is 11.9 Å². The van der Waals surface area contributed by atoms with Gasteiger partial charge in [0, 0.05) is 6.42 Å². The molecule has 3 N–H and O–H groups in total. The Morgan fingerprint density at radius 1 is 1.33 bits per heavy atom. The number of urea groups is 1. The van der Waals surface area contributed by atoms with Gasteiger partial charge < -0.3 is 5.73 Å². The van der Waals surface area contributed by atoms with E-state index in [-0.39, 0.29) is 18.2 Å². The molecule has 1 unspecified atom stereocenters. The van der Waals surface area contributed by atoms with Crippen LogP contribution in [-0.2, 0) is 4.79 Å². The molecule has 4 heteroatoms. The second kappa shape index (κ2) is 5.14. The predicted octanol–water partition coefficient (Wildman–Crippen LogP) is 1.38. The van der Waals surface area contributed by atoms with Gasteiger partial charge in [-0.25, -0.2) is 4.79 Å². The summed E-state index contributed by atoms with van der Waals surface area (Å²) in [7, 11) is 0. The van der Waals surface area contributed by atoms with Crippen molar-refractivity contribution in [1.29, 1.82) is 0 Å². The summed E-state index contributed by atoms with van der Waals surface area (Å²) >= 11 is 0. The lowest BCUT2D eigenvalue weighted by Crippen LogP contribution is -2.35. The summed E-state index contributed by atoms with van der Waals surface area (Å²) in [5, 5.41) is 2.04. The van der Waals surface area contributed by atoms with E-state index in [1.54, 1.807) is 0 Å². The van der Waals surface area contributed by atoms with Crippen molar-refractivity contribution in [2.45, 2.75) is 19.3 Å². The summed E-state index contributed by atoms with van der Waals surface area (Å²) in [6, 6.07) is 8.83. The van der Waals surface area contributed by atoms with Gasteiger partial charge in [-0.3, -0.25) is 10.1 Å². The Morgan fingerprint density at radius 3 is 2.47 bits per heavy atom. The van der Waals surface area contributed by atoms with E-state index in [0.29, 0.717) is 0 Å². The molecule has 0 aliphatic rings. The minimum atomic E-state index is -0.805. The Hall–Kier alpha value is -1.84. The molecule has 0 fully saturated rings. The predicted molar refractivity (Wildman–Crippen MR) is 57.2 cm³/mol. The Labute approximate surface area is 88.5 Å². The molecule has 0 saturated carbocycles. The van der Waals surface area contributed by atoms with Crippen molar-refractivity contribution in [2.24, 2.45) is 5.73 Å². The standard InChI is InChI=1S/C11H14N2O2/c1-8(7-10(14)13-11(12)15)9-5-3-2-4-6-9/h2-6,8H,7H2,1H3,(H3,12,13,14,15). The second-order valence-corrected chi connectivity index (χ2v) is 3.43. The van der Waals surface area contributed by atoms with Crippen LogP contribution >= 0.6 is 0 Å². The van der Waals surface area contributed by atoms with E-state index in [2.05, 4.69) is 0 Å². The van der Waals surface area contributed by atoms with Crippen molar-refractivity contribution in [2.75, 3.05) is 0 Å². The van der Waals surface area contributed by atoms with E-state index in [4.69, 9.17) is 5.73 Å². The number of amides is 3. The van der Waals surface area contributed by atoms with Gasteiger partial charge in [-0.05, 0) is 11.5 Å².